The Morgan fingerprint density at radius 3 is 2.21 bits per heavy atom. The van der Waals surface area contributed by atoms with Gasteiger partial charge in [0.05, 0.1) is 5.56 Å². The van der Waals surface area contributed by atoms with Crippen LogP contribution < -0.4 is 10.6 Å². The van der Waals surface area contributed by atoms with Crippen molar-refractivity contribution in [3.63, 3.8) is 0 Å². The van der Waals surface area contributed by atoms with E-state index in [1.165, 1.54) is 0 Å². The summed E-state index contributed by atoms with van der Waals surface area (Å²) in [7, 11) is 0. The predicted molar refractivity (Wildman–Crippen MR) is 131 cm³/mol. The fourth-order valence-corrected chi connectivity index (χ4v) is 4.63. The average Bonchev–Trinajstić information content (AvgIpc) is 3.14. The summed E-state index contributed by atoms with van der Waals surface area (Å²) in [5.74, 6) is 2.58. The van der Waals surface area contributed by atoms with Gasteiger partial charge in [-0.25, -0.2) is 9.97 Å². The number of anilines is 1. The molecular formula is C27H29N5O. The lowest BCUT2D eigenvalue weighted by atomic mass is 9.90. The van der Waals surface area contributed by atoms with Crippen molar-refractivity contribution in [2.45, 2.75) is 51.6 Å². The van der Waals surface area contributed by atoms with Gasteiger partial charge in [0.15, 0.2) is 5.82 Å². The van der Waals surface area contributed by atoms with E-state index in [-0.39, 0.29) is 11.9 Å². The fraction of sp³-hybridized carbons (Fsp3) is 0.296. The van der Waals surface area contributed by atoms with Crippen LogP contribution in [0.25, 0.3) is 22.8 Å². The summed E-state index contributed by atoms with van der Waals surface area (Å²) in [5.41, 5.74) is 4.97. The van der Waals surface area contributed by atoms with Crippen LogP contribution in [-0.2, 0) is 0 Å². The summed E-state index contributed by atoms with van der Waals surface area (Å²) in [4.78, 5) is 25.5. The van der Waals surface area contributed by atoms with Crippen LogP contribution in [0.4, 0.5) is 5.82 Å². The molecule has 3 aliphatic rings. The molecule has 0 saturated heterocycles. The van der Waals surface area contributed by atoms with E-state index in [4.69, 9.17) is 9.97 Å². The van der Waals surface area contributed by atoms with Gasteiger partial charge < -0.3 is 15.6 Å². The molecule has 0 unspecified atom stereocenters. The lowest BCUT2D eigenvalue weighted by Gasteiger charge is -2.31. The molecule has 33 heavy (non-hydrogen) atoms. The fourth-order valence-electron chi connectivity index (χ4n) is 4.63. The summed E-state index contributed by atoms with van der Waals surface area (Å²) >= 11 is 0. The first-order chi connectivity index (χ1) is 16.1. The van der Waals surface area contributed by atoms with Gasteiger partial charge in [0, 0.05) is 28.9 Å². The number of hydrogen-bond donors (Lipinski definition) is 3. The molecule has 0 atom stereocenters. The zero-order chi connectivity index (χ0) is 22.8. The van der Waals surface area contributed by atoms with Crippen LogP contribution in [0.3, 0.4) is 0 Å². The van der Waals surface area contributed by atoms with Crippen molar-refractivity contribution in [1.29, 1.82) is 0 Å². The second kappa shape index (κ2) is 9.06. The largest absolute Gasteiger partial charge is 0.368 e. The van der Waals surface area contributed by atoms with Crippen LogP contribution in [0, 0.1) is 13.8 Å². The smallest absolute Gasteiger partial charge is 0.251 e. The molecule has 2 heterocycles. The third-order valence-corrected chi connectivity index (χ3v) is 6.62. The highest BCUT2D eigenvalue weighted by atomic mass is 16.1. The Kier molecular flexibility index (Phi) is 5.82. The zero-order valence-corrected chi connectivity index (χ0v) is 19.1. The maximum Gasteiger partial charge on any atom is 0.251 e. The highest BCUT2D eigenvalue weighted by Gasteiger charge is 2.26. The highest BCUT2D eigenvalue weighted by molar-refractivity contribution is 5.94. The van der Waals surface area contributed by atoms with Crippen molar-refractivity contribution >= 4 is 11.7 Å². The van der Waals surface area contributed by atoms with Gasteiger partial charge in [0.2, 0.25) is 0 Å². The monoisotopic (exact) mass is 439 g/mol. The summed E-state index contributed by atoms with van der Waals surface area (Å²) in [6.07, 6.45) is 3.88. The molecule has 6 heteroatoms. The van der Waals surface area contributed by atoms with Crippen molar-refractivity contribution in [3.8, 4) is 22.8 Å². The molecule has 3 N–H and O–H groups in total. The predicted octanol–water partition coefficient (Wildman–Crippen LogP) is 5.35. The topological polar surface area (TPSA) is 82.7 Å². The molecule has 6 nitrogen and oxygen atoms in total. The minimum Gasteiger partial charge on any atom is -0.368 e. The van der Waals surface area contributed by atoms with Gasteiger partial charge in [-0.05, 0) is 57.2 Å². The lowest BCUT2D eigenvalue weighted by molar-refractivity contribution is 0.0926. The normalized spacial score (nSPS) is 18.2. The number of H-pyrrole nitrogens is 1. The van der Waals surface area contributed by atoms with Crippen LogP contribution in [0.5, 0.6) is 0 Å². The van der Waals surface area contributed by atoms with Crippen LogP contribution in [-0.4, -0.2) is 32.9 Å². The van der Waals surface area contributed by atoms with Crippen LogP contribution in [0.15, 0.2) is 60.7 Å². The van der Waals surface area contributed by atoms with Gasteiger partial charge in [0.25, 0.3) is 5.91 Å². The number of fused-ring (bicyclic) bond motifs is 1. The Labute approximate surface area is 194 Å². The molecule has 1 aliphatic carbocycles. The lowest BCUT2D eigenvalue weighted by Crippen LogP contribution is -2.40. The second-order valence-corrected chi connectivity index (χ2v) is 8.88. The van der Waals surface area contributed by atoms with Crippen molar-refractivity contribution in [2.75, 3.05) is 5.32 Å². The number of hydrogen-bond acceptors (Lipinski definition) is 4. The number of aromatic amines is 1. The Balaban J connectivity index is 1.31. The van der Waals surface area contributed by atoms with Gasteiger partial charge in [0.1, 0.15) is 11.6 Å². The van der Waals surface area contributed by atoms with Gasteiger partial charge in [-0.1, -0.05) is 48.5 Å². The molecule has 1 saturated carbocycles. The molecule has 1 fully saturated rings. The van der Waals surface area contributed by atoms with E-state index in [1.54, 1.807) is 0 Å². The van der Waals surface area contributed by atoms with E-state index >= 15 is 0 Å². The standard InChI is InChI=1S/C27H29N5O/c1-17-18(2)28-25-23(17)26(32-24(31-25)19-9-5-3-6-10-19)29-21-13-15-22(16-14-21)30-27(33)20-11-7-4-8-12-20/h3-12,21-22H,13-16H2,1-2H3,(H,30,33)(H2,28,29,31,32)/t21-,22+. The van der Waals surface area contributed by atoms with E-state index in [1.807, 2.05) is 55.5 Å². The van der Waals surface area contributed by atoms with Gasteiger partial charge >= 0.3 is 0 Å². The van der Waals surface area contributed by atoms with Crippen LogP contribution in [0.2, 0.25) is 0 Å². The van der Waals surface area contributed by atoms with E-state index in [0.717, 1.165) is 71.1 Å². The summed E-state index contributed by atoms with van der Waals surface area (Å²) in [6, 6.07) is 20.1. The Hall–Kier alpha value is -3.67. The third-order valence-electron chi connectivity index (χ3n) is 6.62. The van der Waals surface area contributed by atoms with Crippen molar-refractivity contribution in [1.82, 2.24) is 20.3 Å². The molecule has 0 bridgehead atoms. The van der Waals surface area contributed by atoms with Crippen molar-refractivity contribution < 1.29 is 4.79 Å². The molecule has 2 aromatic carbocycles. The van der Waals surface area contributed by atoms with E-state index in [0.29, 0.717) is 6.04 Å². The molecule has 0 aromatic heterocycles. The molecular weight excluding hydrogens is 410 g/mol. The average molecular weight is 440 g/mol. The highest BCUT2D eigenvalue weighted by Crippen LogP contribution is 2.35. The number of amides is 1. The van der Waals surface area contributed by atoms with Crippen molar-refractivity contribution in [2.24, 2.45) is 0 Å². The summed E-state index contributed by atoms with van der Waals surface area (Å²) in [6.45, 7) is 4.13. The van der Waals surface area contributed by atoms with Gasteiger partial charge in [-0.15, -0.1) is 0 Å². The molecule has 0 spiro atoms. The number of rotatable bonds is 5. The molecule has 5 rings (SSSR count). The number of aryl methyl sites for hydroxylation is 1. The van der Waals surface area contributed by atoms with E-state index < -0.39 is 0 Å². The summed E-state index contributed by atoms with van der Waals surface area (Å²) in [5, 5.41) is 6.94. The second-order valence-electron chi connectivity index (χ2n) is 8.88. The molecule has 168 valence electrons. The number of carbonyl (C=O) groups excluding carboxylic acids is 1. The first-order valence-electron chi connectivity index (χ1n) is 11.6. The van der Waals surface area contributed by atoms with Crippen LogP contribution in [0.1, 0.15) is 47.3 Å². The van der Waals surface area contributed by atoms with Crippen molar-refractivity contribution in [3.05, 3.63) is 77.5 Å². The third kappa shape index (κ3) is 4.46. The first kappa shape index (κ1) is 21.2. The molecule has 2 aromatic rings. The maximum atomic E-state index is 12.5. The molecule has 2 aliphatic heterocycles. The summed E-state index contributed by atoms with van der Waals surface area (Å²) < 4.78 is 0. The number of carbonyl (C=O) groups is 1. The van der Waals surface area contributed by atoms with E-state index in [9.17, 15) is 4.79 Å². The zero-order valence-electron chi connectivity index (χ0n) is 19.1. The molecule has 1 amide bonds. The van der Waals surface area contributed by atoms with Crippen LogP contribution >= 0.6 is 0 Å². The minimum atomic E-state index is 0.0117. The Bertz CT molecular complexity index is 1210. The van der Waals surface area contributed by atoms with E-state index in [2.05, 4.69) is 34.7 Å². The molecule has 0 radical (unpaired) electrons. The Morgan fingerprint density at radius 2 is 1.52 bits per heavy atom. The first-order valence-corrected chi connectivity index (χ1v) is 11.6. The number of aromatic nitrogens is 3. The maximum absolute atomic E-state index is 12.5. The number of nitrogens with zero attached hydrogens (tertiary/aromatic N) is 2. The van der Waals surface area contributed by atoms with Gasteiger partial charge in [-0.2, -0.15) is 0 Å². The van der Waals surface area contributed by atoms with Gasteiger partial charge in [-0.3, -0.25) is 4.79 Å². The minimum absolute atomic E-state index is 0.0117. The quantitative estimate of drug-likeness (QED) is 0.392. The number of nitrogens with one attached hydrogen (secondary N) is 3. The Morgan fingerprint density at radius 1 is 0.879 bits per heavy atom. The SMILES string of the molecule is Cc1nc2nc(-c3ccccc3)[nH]c(N[C@H]3CC[C@@H](NC(=O)c4ccccc4)CC3)c-2c1C. The number of benzene rings is 2.